The summed E-state index contributed by atoms with van der Waals surface area (Å²) in [7, 11) is 1.60. The predicted octanol–water partition coefficient (Wildman–Crippen LogP) is 1.12. The van der Waals surface area contributed by atoms with Crippen LogP contribution in [-0.2, 0) is 4.79 Å². The Kier molecular flexibility index (Phi) is 3.60. The SMILES string of the molecule is COc1ccc(N2CCCCC2C(N)=O)c(N)c1. The predicted molar refractivity (Wildman–Crippen MR) is 71.6 cm³/mol. The fourth-order valence-corrected chi connectivity index (χ4v) is 2.44. The van der Waals surface area contributed by atoms with Crippen molar-refractivity contribution in [2.75, 3.05) is 24.3 Å². The molecule has 0 bridgehead atoms. The Bertz CT molecular complexity index is 448. The number of carbonyl (C=O) groups excluding carboxylic acids is 1. The van der Waals surface area contributed by atoms with E-state index in [9.17, 15) is 4.79 Å². The molecule has 0 spiro atoms. The number of nitrogens with two attached hydrogens (primary N) is 2. The lowest BCUT2D eigenvalue weighted by atomic mass is 10.0. The smallest absolute Gasteiger partial charge is 0.240 e. The van der Waals surface area contributed by atoms with Crippen LogP contribution in [0.5, 0.6) is 5.75 Å². The monoisotopic (exact) mass is 249 g/mol. The molecular formula is C13H19N3O2. The number of hydrogen-bond acceptors (Lipinski definition) is 4. The molecule has 2 rings (SSSR count). The lowest BCUT2D eigenvalue weighted by molar-refractivity contribution is -0.119. The minimum Gasteiger partial charge on any atom is -0.497 e. The van der Waals surface area contributed by atoms with E-state index in [2.05, 4.69) is 0 Å². The van der Waals surface area contributed by atoms with Crippen LogP contribution in [-0.4, -0.2) is 25.6 Å². The average Bonchev–Trinajstić information content (AvgIpc) is 2.38. The molecule has 5 heteroatoms. The van der Waals surface area contributed by atoms with Gasteiger partial charge in [0, 0.05) is 12.6 Å². The van der Waals surface area contributed by atoms with Gasteiger partial charge in [-0.15, -0.1) is 0 Å². The molecule has 18 heavy (non-hydrogen) atoms. The van der Waals surface area contributed by atoms with Crippen molar-refractivity contribution in [3.05, 3.63) is 18.2 Å². The number of primary amides is 1. The summed E-state index contributed by atoms with van der Waals surface area (Å²) in [6.45, 7) is 0.810. The normalized spacial score (nSPS) is 19.6. The highest BCUT2D eigenvalue weighted by Gasteiger charge is 2.28. The summed E-state index contributed by atoms with van der Waals surface area (Å²) in [6.07, 6.45) is 2.87. The van der Waals surface area contributed by atoms with Gasteiger partial charge in [-0.05, 0) is 31.4 Å². The lowest BCUT2D eigenvalue weighted by Gasteiger charge is -2.36. The summed E-state index contributed by atoms with van der Waals surface area (Å²) >= 11 is 0. The molecule has 1 unspecified atom stereocenters. The third kappa shape index (κ3) is 2.34. The van der Waals surface area contributed by atoms with Gasteiger partial charge in [-0.3, -0.25) is 4.79 Å². The molecule has 0 aliphatic carbocycles. The molecule has 1 atom stereocenters. The zero-order chi connectivity index (χ0) is 13.1. The Labute approximate surface area is 107 Å². The second-order valence-electron chi connectivity index (χ2n) is 4.53. The number of nitrogen functional groups attached to an aromatic ring is 1. The van der Waals surface area contributed by atoms with E-state index in [0.717, 1.165) is 31.5 Å². The number of ether oxygens (including phenoxy) is 1. The third-order valence-electron chi connectivity index (χ3n) is 3.38. The van der Waals surface area contributed by atoms with Crippen LogP contribution in [0.25, 0.3) is 0 Å². The first-order valence-electron chi connectivity index (χ1n) is 6.13. The molecule has 1 aromatic carbocycles. The van der Waals surface area contributed by atoms with E-state index >= 15 is 0 Å². The molecule has 1 saturated heterocycles. The second-order valence-corrected chi connectivity index (χ2v) is 4.53. The number of hydrogen-bond donors (Lipinski definition) is 2. The molecule has 98 valence electrons. The summed E-state index contributed by atoms with van der Waals surface area (Å²) in [5.41, 5.74) is 12.9. The van der Waals surface area contributed by atoms with Crippen molar-refractivity contribution in [3.63, 3.8) is 0 Å². The summed E-state index contributed by atoms with van der Waals surface area (Å²) in [6, 6.07) is 5.24. The van der Waals surface area contributed by atoms with Crippen molar-refractivity contribution in [3.8, 4) is 5.75 Å². The molecule has 1 aromatic rings. The second kappa shape index (κ2) is 5.16. The molecule has 1 amide bonds. The van der Waals surface area contributed by atoms with Crippen molar-refractivity contribution in [2.45, 2.75) is 25.3 Å². The molecule has 0 aromatic heterocycles. The fraction of sp³-hybridized carbons (Fsp3) is 0.462. The minimum absolute atomic E-state index is 0.255. The van der Waals surface area contributed by atoms with E-state index in [1.807, 2.05) is 17.0 Å². The van der Waals surface area contributed by atoms with E-state index in [-0.39, 0.29) is 11.9 Å². The first-order chi connectivity index (χ1) is 8.63. The van der Waals surface area contributed by atoms with Crippen LogP contribution in [0.15, 0.2) is 18.2 Å². The van der Waals surface area contributed by atoms with Gasteiger partial charge in [0.2, 0.25) is 5.91 Å². The highest BCUT2D eigenvalue weighted by atomic mass is 16.5. The van der Waals surface area contributed by atoms with E-state index < -0.39 is 0 Å². The minimum atomic E-state index is -0.287. The first-order valence-corrected chi connectivity index (χ1v) is 6.13. The van der Waals surface area contributed by atoms with Crippen LogP contribution in [0.1, 0.15) is 19.3 Å². The average molecular weight is 249 g/mol. The van der Waals surface area contributed by atoms with Gasteiger partial charge in [0.05, 0.1) is 18.5 Å². The van der Waals surface area contributed by atoms with Crippen molar-refractivity contribution in [1.82, 2.24) is 0 Å². The molecule has 1 aliphatic rings. The van der Waals surface area contributed by atoms with Gasteiger partial charge in [-0.2, -0.15) is 0 Å². The summed E-state index contributed by atoms with van der Waals surface area (Å²) < 4.78 is 5.12. The summed E-state index contributed by atoms with van der Waals surface area (Å²) in [4.78, 5) is 13.5. The quantitative estimate of drug-likeness (QED) is 0.786. The number of rotatable bonds is 3. The van der Waals surface area contributed by atoms with Crippen LogP contribution in [0.4, 0.5) is 11.4 Å². The Balaban J connectivity index is 2.31. The highest BCUT2D eigenvalue weighted by molar-refractivity contribution is 5.85. The van der Waals surface area contributed by atoms with Crippen molar-refractivity contribution in [2.24, 2.45) is 5.73 Å². The molecule has 4 N–H and O–H groups in total. The van der Waals surface area contributed by atoms with Gasteiger partial charge in [-0.25, -0.2) is 0 Å². The maximum Gasteiger partial charge on any atom is 0.240 e. The number of piperidine rings is 1. The Morgan fingerprint density at radius 2 is 2.22 bits per heavy atom. The zero-order valence-electron chi connectivity index (χ0n) is 10.6. The lowest BCUT2D eigenvalue weighted by Crippen LogP contribution is -2.48. The van der Waals surface area contributed by atoms with E-state index in [1.165, 1.54) is 0 Å². The molecule has 5 nitrogen and oxygen atoms in total. The van der Waals surface area contributed by atoms with E-state index in [1.54, 1.807) is 13.2 Å². The highest BCUT2D eigenvalue weighted by Crippen LogP contribution is 2.32. The largest absolute Gasteiger partial charge is 0.497 e. The molecule has 0 radical (unpaired) electrons. The summed E-state index contributed by atoms with van der Waals surface area (Å²) in [5.74, 6) is 0.425. The Morgan fingerprint density at radius 3 is 2.83 bits per heavy atom. The van der Waals surface area contributed by atoms with E-state index in [0.29, 0.717) is 11.4 Å². The van der Waals surface area contributed by atoms with Crippen molar-refractivity contribution >= 4 is 17.3 Å². The number of anilines is 2. The molecular weight excluding hydrogens is 230 g/mol. The molecule has 1 fully saturated rings. The maximum atomic E-state index is 11.5. The van der Waals surface area contributed by atoms with Crippen LogP contribution in [0.2, 0.25) is 0 Å². The topological polar surface area (TPSA) is 81.6 Å². The van der Waals surface area contributed by atoms with Gasteiger partial charge in [0.1, 0.15) is 11.8 Å². The van der Waals surface area contributed by atoms with Gasteiger partial charge in [0.15, 0.2) is 0 Å². The van der Waals surface area contributed by atoms with Gasteiger partial charge in [0.25, 0.3) is 0 Å². The van der Waals surface area contributed by atoms with Gasteiger partial charge < -0.3 is 21.1 Å². The van der Waals surface area contributed by atoms with Crippen LogP contribution in [0, 0.1) is 0 Å². The Hall–Kier alpha value is -1.91. The number of carbonyl (C=O) groups is 1. The van der Waals surface area contributed by atoms with Crippen LogP contribution in [0.3, 0.4) is 0 Å². The van der Waals surface area contributed by atoms with Crippen LogP contribution < -0.4 is 21.1 Å². The molecule has 1 aliphatic heterocycles. The van der Waals surface area contributed by atoms with Gasteiger partial charge >= 0.3 is 0 Å². The number of benzene rings is 1. The summed E-state index contributed by atoms with van der Waals surface area (Å²) in [5, 5.41) is 0. The zero-order valence-corrected chi connectivity index (χ0v) is 10.6. The standard InChI is InChI=1S/C13H19N3O2/c1-18-9-5-6-11(10(14)8-9)16-7-3-2-4-12(16)13(15)17/h5-6,8,12H,2-4,7,14H2,1H3,(H2,15,17). The van der Waals surface area contributed by atoms with E-state index in [4.69, 9.17) is 16.2 Å². The number of methoxy groups -OCH3 is 1. The van der Waals surface area contributed by atoms with Crippen molar-refractivity contribution in [1.29, 1.82) is 0 Å². The maximum absolute atomic E-state index is 11.5. The van der Waals surface area contributed by atoms with Crippen molar-refractivity contribution < 1.29 is 9.53 Å². The first kappa shape index (κ1) is 12.5. The number of amides is 1. The number of nitrogens with zero attached hydrogens (tertiary/aromatic N) is 1. The Morgan fingerprint density at radius 1 is 1.44 bits per heavy atom. The van der Waals surface area contributed by atoms with Gasteiger partial charge in [-0.1, -0.05) is 0 Å². The fourth-order valence-electron chi connectivity index (χ4n) is 2.44. The molecule has 0 saturated carbocycles. The molecule has 1 heterocycles. The third-order valence-corrected chi connectivity index (χ3v) is 3.38. The van der Waals surface area contributed by atoms with Crippen LogP contribution >= 0.6 is 0 Å².